The first-order valence-corrected chi connectivity index (χ1v) is 1.96. The van der Waals surface area contributed by atoms with Crippen LogP contribution in [0.5, 0.6) is 0 Å². The molecule has 2 nitrogen and oxygen atoms in total. The minimum Gasteiger partial charge on any atom is -0.258 e. The zero-order valence-electron chi connectivity index (χ0n) is 3.12. The molecule has 30 valence electrons. The SMILES string of the molecule is C1CNNC1. The van der Waals surface area contributed by atoms with Gasteiger partial charge in [-0.05, 0) is 6.42 Å². The normalized spacial score (nSPS) is 24.0. The Kier molecular flexibility index (Phi) is 0.862. The fourth-order valence-electron chi connectivity index (χ4n) is 0.442. The zero-order chi connectivity index (χ0) is 3.54. The van der Waals surface area contributed by atoms with Gasteiger partial charge in [-0.25, -0.2) is 0 Å². The highest BCUT2D eigenvalue weighted by molar-refractivity contribution is 4.51. The maximum absolute atomic E-state index is 2.97. The second-order valence-electron chi connectivity index (χ2n) is 1.21. The number of hydrogen-bond donors (Lipinski definition) is 2. The van der Waals surface area contributed by atoms with E-state index < -0.39 is 0 Å². The molecule has 0 bridgehead atoms. The minimum absolute atomic E-state index is 1.14. The van der Waals surface area contributed by atoms with E-state index in [1.807, 2.05) is 0 Å². The van der Waals surface area contributed by atoms with E-state index >= 15 is 0 Å². The molecule has 1 aliphatic rings. The van der Waals surface area contributed by atoms with Crippen LogP contribution in [0.25, 0.3) is 0 Å². The summed E-state index contributed by atoms with van der Waals surface area (Å²) in [5.41, 5.74) is 5.94. The third kappa shape index (κ3) is 0.597. The first kappa shape index (κ1) is 3.12. The van der Waals surface area contributed by atoms with E-state index in [-0.39, 0.29) is 0 Å². The summed E-state index contributed by atoms with van der Waals surface area (Å²) >= 11 is 0. The molecule has 0 radical (unpaired) electrons. The first-order valence-electron chi connectivity index (χ1n) is 1.96. The van der Waals surface area contributed by atoms with Crippen LogP contribution in [0.15, 0.2) is 0 Å². The van der Waals surface area contributed by atoms with Crippen LogP contribution < -0.4 is 10.9 Å². The van der Waals surface area contributed by atoms with E-state index in [1.54, 1.807) is 0 Å². The lowest BCUT2D eigenvalue weighted by Crippen LogP contribution is -2.21. The van der Waals surface area contributed by atoms with E-state index in [2.05, 4.69) is 10.9 Å². The molecule has 5 heavy (non-hydrogen) atoms. The largest absolute Gasteiger partial charge is 0.258 e. The number of hydrazine groups is 1. The van der Waals surface area contributed by atoms with Crippen molar-refractivity contribution in [2.75, 3.05) is 13.1 Å². The molecule has 2 N–H and O–H groups in total. The molecule has 1 aliphatic heterocycles. The molecule has 1 fully saturated rings. The maximum atomic E-state index is 2.97. The van der Waals surface area contributed by atoms with Crippen molar-refractivity contribution < 1.29 is 0 Å². The molecule has 0 atom stereocenters. The molecule has 1 heterocycles. The Morgan fingerprint density at radius 1 is 1.00 bits per heavy atom. The quantitative estimate of drug-likeness (QED) is 0.402. The van der Waals surface area contributed by atoms with Gasteiger partial charge in [-0.2, -0.15) is 0 Å². The molecule has 0 aromatic heterocycles. The van der Waals surface area contributed by atoms with Crippen molar-refractivity contribution in [3.63, 3.8) is 0 Å². The van der Waals surface area contributed by atoms with Gasteiger partial charge in [-0.3, -0.25) is 10.9 Å². The van der Waals surface area contributed by atoms with Crippen molar-refractivity contribution in [1.29, 1.82) is 0 Å². The Balaban J connectivity index is 2.08. The van der Waals surface area contributed by atoms with Crippen LogP contribution in [0.1, 0.15) is 6.42 Å². The van der Waals surface area contributed by atoms with Crippen molar-refractivity contribution in [3.05, 3.63) is 0 Å². The molecule has 0 aromatic carbocycles. The van der Waals surface area contributed by atoms with Gasteiger partial charge in [0.15, 0.2) is 0 Å². The third-order valence-corrected chi connectivity index (χ3v) is 0.729. The van der Waals surface area contributed by atoms with E-state index in [1.165, 1.54) is 6.42 Å². The van der Waals surface area contributed by atoms with Crippen molar-refractivity contribution in [1.82, 2.24) is 10.9 Å². The van der Waals surface area contributed by atoms with Crippen molar-refractivity contribution in [2.45, 2.75) is 6.42 Å². The lowest BCUT2D eigenvalue weighted by molar-refractivity contribution is 0.689. The van der Waals surface area contributed by atoms with E-state index in [9.17, 15) is 0 Å². The molecule has 0 aliphatic carbocycles. The van der Waals surface area contributed by atoms with Gasteiger partial charge in [-0.1, -0.05) is 0 Å². The summed E-state index contributed by atoms with van der Waals surface area (Å²) in [5.74, 6) is 0. The van der Waals surface area contributed by atoms with Gasteiger partial charge in [0.1, 0.15) is 0 Å². The maximum Gasteiger partial charge on any atom is 0.0112 e. The Labute approximate surface area is 31.5 Å². The lowest BCUT2D eigenvalue weighted by Gasteiger charge is -1.81. The lowest BCUT2D eigenvalue weighted by atomic mass is 10.5. The molecule has 0 aromatic rings. The highest BCUT2D eigenvalue weighted by Gasteiger charge is 1.91. The van der Waals surface area contributed by atoms with Gasteiger partial charge in [0.05, 0.1) is 0 Å². The van der Waals surface area contributed by atoms with E-state index in [0.717, 1.165) is 13.1 Å². The van der Waals surface area contributed by atoms with E-state index in [4.69, 9.17) is 0 Å². The zero-order valence-corrected chi connectivity index (χ0v) is 3.12. The Morgan fingerprint density at radius 2 is 1.60 bits per heavy atom. The fraction of sp³-hybridized carbons (Fsp3) is 1.00. The summed E-state index contributed by atoms with van der Waals surface area (Å²) < 4.78 is 0. The Morgan fingerprint density at radius 3 is 1.80 bits per heavy atom. The fourth-order valence-corrected chi connectivity index (χ4v) is 0.442. The Hall–Kier alpha value is -0.0800. The second kappa shape index (κ2) is 1.38. The molecule has 0 unspecified atom stereocenters. The van der Waals surface area contributed by atoms with Gasteiger partial charge in [0.2, 0.25) is 0 Å². The van der Waals surface area contributed by atoms with Crippen molar-refractivity contribution in [3.8, 4) is 0 Å². The molecule has 2 heteroatoms. The second-order valence-corrected chi connectivity index (χ2v) is 1.21. The minimum atomic E-state index is 1.14. The molecular weight excluding hydrogens is 64.0 g/mol. The van der Waals surface area contributed by atoms with Crippen LogP contribution in [0.2, 0.25) is 0 Å². The molecule has 0 spiro atoms. The van der Waals surface area contributed by atoms with E-state index in [0.29, 0.717) is 0 Å². The van der Waals surface area contributed by atoms with Gasteiger partial charge in [-0.15, -0.1) is 0 Å². The number of hydrogen-bond acceptors (Lipinski definition) is 2. The summed E-state index contributed by atoms with van der Waals surface area (Å²) in [6, 6.07) is 0. The number of nitrogens with one attached hydrogen (secondary N) is 2. The average molecular weight is 72.1 g/mol. The molecule has 0 saturated carbocycles. The summed E-state index contributed by atoms with van der Waals surface area (Å²) in [5, 5.41) is 0. The third-order valence-electron chi connectivity index (χ3n) is 0.729. The molecule has 1 rings (SSSR count). The smallest absolute Gasteiger partial charge is 0.0112 e. The van der Waals surface area contributed by atoms with Crippen LogP contribution in [0.4, 0.5) is 0 Å². The van der Waals surface area contributed by atoms with Gasteiger partial charge in [0, 0.05) is 13.1 Å². The van der Waals surface area contributed by atoms with Crippen LogP contribution in [-0.2, 0) is 0 Å². The van der Waals surface area contributed by atoms with Crippen molar-refractivity contribution >= 4 is 0 Å². The van der Waals surface area contributed by atoms with Crippen LogP contribution in [0.3, 0.4) is 0 Å². The van der Waals surface area contributed by atoms with Gasteiger partial charge < -0.3 is 0 Å². The highest BCUT2D eigenvalue weighted by Crippen LogP contribution is 1.74. The molecular formula is C3H8N2. The van der Waals surface area contributed by atoms with Gasteiger partial charge in [0.25, 0.3) is 0 Å². The van der Waals surface area contributed by atoms with Crippen LogP contribution >= 0.6 is 0 Å². The summed E-state index contributed by atoms with van der Waals surface area (Å²) in [6.07, 6.45) is 1.28. The predicted molar refractivity (Wildman–Crippen MR) is 20.6 cm³/mol. The number of rotatable bonds is 0. The molecule has 1 saturated heterocycles. The summed E-state index contributed by atoms with van der Waals surface area (Å²) in [4.78, 5) is 0. The standard InChI is InChI=1S/C3H8N2/c1-2-4-5-3-1/h4-5H,1-3H2. The topological polar surface area (TPSA) is 24.1 Å². The predicted octanol–water partition coefficient (Wildman–Crippen LogP) is -0.516. The van der Waals surface area contributed by atoms with Gasteiger partial charge >= 0.3 is 0 Å². The van der Waals surface area contributed by atoms with Crippen LogP contribution in [-0.4, -0.2) is 13.1 Å². The first-order chi connectivity index (χ1) is 2.50. The van der Waals surface area contributed by atoms with Crippen molar-refractivity contribution in [2.24, 2.45) is 0 Å². The Bertz CT molecular complexity index is 16.5. The molecule has 0 amide bonds. The van der Waals surface area contributed by atoms with Crippen LogP contribution in [0, 0.1) is 0 Å². The summed E-state index contributed by atoms with van der Waals surface area (Å²) in [7, 11) is 0. The highest BCUT2D eigenvalue weighted by atomic mass is 15.4. The monoisotopic (exact) mass is 72.1 g/mol. The summed E-state index contributed by atoms with van der Waals surface area (Å²) in [6.45, 7) is 2.28. The average Bonchev–Trinajstić information content (AvgIpc) is 1.76.